The maximum absolute atomic E-state index is 11.3. The van der Waals surface area contributed by atoms with Gasteiger partial charge in [-0.25, -0.2) is 0 Å². The number of allylic oxidation sites excluding steroid dienone is 8. The molecule has 0 heterocycles. The fraction of sp³-hybridized carbons (Fsp3) is 0.591. The highest BCUT2D eigenvalue weighted by Crippen LogP contribution is 2.28. The molecule has 0 bridgehead atoms. The molecule has 0 saturated heterocycles. The molecule has 0 saturated carbocycles. The van der Waals surface area contributed by atoms with Crippen molar-refractivity contribution in [2.75, 3.05) is 0 Å². The Morgan fingerprint density at radius 2 is 1.96 bits per heavy atom. The minimum Gasteiger partial charge on any atom is -0.298 e. The third-order valence-electron chi connectivity index (χ3n) is 5.44. The van der Waals surface area contributed by atoms with Gasteiger partial charge in [0.1, 0.15) is 6.29 Å². The summed E-state index contributed by atoms with van der Waals surface area (Å²) < 4.78 is 0. The van der Waals surface area contributed by atoms with Crippen LogP contribution in [-0.4, -0.2) is 6.29 Å². The van der Waals surface area contributed by atoms with E-state index in [0.717, 1.165) is 30.6 Å². The summed E-state index contributed by atoms with van der Waals surface area (Å²) >= 11 is 0. The molecular weight excluding hydrogens is 280 g/mol. The molecule has 0 aliphatic heterocycles. The lowest BCUT2D eigenvalue weighted by Crippen LogP contribution is -2.07. The summed E-state index contributed by atoms with van der Waals surface area (Å²) in [7, 11) is 0. The Morgan fingerprint density at radius 3 is 2.52 bits per heavy atom. The fourth-order valence-corrected chi connectivity index (χ4v) is 3.57. The molecule has 0 aromatic rings. The Morgan fingerprint density at radius 1 is 1.17 bits per heavy atom. The zero-order valence-electron chi connectivity index (χ0n) is 14.8. The van der Waals surface area contributed by atoms with E-state index in [-0.39, 0.29) is 0 Å². The first-order valence-electron chi connectivity index (χ1n) is 9.44. The van der Waals surface area contributed by atoms with Gasteiger partial charge in [-0.15, -0.1) is 0 Å². The van der Waals surface area contributed by atoms with Crippen LogP contribution in [0, 0.1) is 17.8 Å². The smallest absolute Gasteiger partial charge is 0.149 e. The van der Waals surface area contributed by atoms with Crippen molar-refractivity contribution in [1.82, 2.24) is 0 Å². The molecule has 0 spiro atoms. The van der Waals surface area contributed by atoms with Gasteiger partial charge in [-0.2, -0.15) is 0 Å². The first-order chi connectivity index (χ1) is 11.2. The van der Waals surface area contributed by atoms with Crippen molar-refractivity contribution in [3.05, 3.63) is 47.6 Å². The minimum atomic E-state index is 0.605. The van der Waals surface area contributed by atoms with E-state index in [0.29, 0.717) is 11.8 Å². The van der Waals surface area contributed by atoms with Crippen LogP contribution in [0.25, 0.3) is 0 Å². The zero-order chi connectivity index (χ0) is 16.5. The molecule has 2 rings (SSSR count). The van der Waals surface area contributed by atoms with Crippen molar-refractivity contribution in [3.8, 4) is 0 Å². The molecule has 3 atom stereocenters. The minimum absolute atomic E-state index is 0.605. The summed E-state index contributed by atoms with van der Waals surface area (Å²) in [6.45, 7) is 4.49. The number of rotatable bonds is 7. The van der Waals surface area contributed by atoms with Crippen LogP contribution in [0.4, 0.5) is 0 Å². The summed E-state index contributed by atoms with van der Waals surface area (Å²) in [4.78, 5) is 11.3. The third kappa shape index (κ3) is 5.97. The van der Waals surface area contributed by atoms with E-state index in [2.05, 4.69) is 44.2 Å². The molecule has 0 fully saturated rings. The average molecular weight is 312 g/mol. The number of hydrogen-bond donors (Lipinski definition) is 0. The van der Waals surface area contributed by atoms with Crippen LogP contribution in [-0.2, 0) is 4.79 Å². The van der Waals surface area contributed by atoms with Crippen LogP contribution in [0.15, 0.2) is 47.6 Å². The molecule has 23 heavy (non-hydrogen) atoms. The maximum atomic E-state index is 11.3. The molecule has 0 radical (unpaired) electrons. The molecular formula is C22H32O. The second kappa shape index (κ2) is 9.70. The lowest BCUT2D eigenvalue weighted by Gasteiger charge is -2.20. The first kappa shape index (κ1) is 18.0. The van der Waals surface area contributed by atoms with E-state index < -0.39 is 0 Å². The van der Waals surface area contributed by atoms with Crippen molar-refractivity contribution >= 4 is 6.29 Å². The molecule has 1 heteroatoms. The highest BCUT2D eigenvalue weighted by molar-refractivity contribution is 5.77. The highest BCUT2D eigenvalue weighted by atomic mass is 16.1. The monoisotopic (exact) mass is 312 g/mol. The van der Waals surface area contributed by atoms with Gasteiger partial charge in [-0.1, -0.05) is 55.9 Å². The molecule has 126 valence electrons. The van der Waals surface area contributed by atoms with Gasteiger partial charge in [0.15, 0.2) is 0 Å². The molecule has 0 N–H and O–H groups in total. The van der Waals surface area contributed by atoms with Gasteiger partial charge in [0.25, 0.3) is 0 Å². The van der Waals surface area contributed by atoms with Gasteiger partial charge in [-0.05, 0) is 69.1 Å². The Bertz CT molecular complexity index is 492. The van der Waals surface area contributed by atoms with Crippen molar-refractivity contribution in [2.45, 2.75) is 65.2 Å². The summed E-state index contributed by atoms with van der Waals surface area (Å²) in [5, 5.41) is 0. The highest BCUT2D eigenvalue weighted by Gasteiger charge is 2.14. The summed E-state index contributed by atoms with van der Waals surface area (Å²) in [6, 6.07) is 0. The van der Waals surface area contributed by atoms with Gasteiger partial charge >= 0.3 is 0 Å². The van der Waals surface area contributed by atoms with Gasteiger partial charge in [0.05, 0.1) is 0 Å². The predicted molar refractivity (Wildman–Crippen MR) is 99.3 cm³/mol. The van der Waals surface area contributed by atoms with E-state index in [4.69, 9.17) is 0 Å². The lowest BCUT2D eigenvalue weighted by molar-refractivity contribution is -0.104. The number of hydrogen-bond acceptors (Lipinski definition) is 1. The van der Waals surface area contributed by atoms with E-state index >= 15 is 0 Å². The molecule has 2 aliphatic rings. The topological polar surface area (TPSA) is 17.1 Å². The standard InChI is InChI=1S/C22H32O/c1-3-18-5-9-20(10-6-18)13-15-22(17-23)16-14-21-11-7-19(4-2)8-12-21/h5,7,9,14-18,20-21H,3-4,6,8,10-13H2,1-2H3/b16-14+,22-15+. The van der Waals surface area contributed by atoms with E-state index in [1.165, 1.54) is 38.5 Å². The van der Waals surface area contributed by atoms with E-state index in [1.807, 2.05) is 6.08 Å². The third-order valence-corrected chi connectivity index (χ3v) is 5.44. The molecule has 0 aromatic carbocycles. The van der Waals surface area contributed by atoms with Crippen LogP contribution in [0.2, 0.25) is 0 Å². The summed E-state index contributed by atoms with van der Waals surface area (Å²) in [6.07, 6.45) is 24.1. The van der Waals surface area contributed by atoms with Crippen molar-refractivity contribution in [3.63, 3.8) is 0 Å². The fourth-order valence-electron chi connectivity index (χ4n) is 3.57. The van der Waals surface area contributed by atoms with Gasteiger partial charge in [0.2, 0.25) is 0 Å². The Labute approximate surface area is 142 Å². The SMILES string of the molecule is CCC1=CCC(/C=C/C(C=O)=C\CC2C=CC(CC)CC2)CC1. The molecule has 0 aromatic heterocycles. The van der Waals surface area contributed by atoms with Gasteiger partial charge < -0.3 is 0 Å². The Kier molecular flexibility index (Phi) is 7.58. The molecule has 1 nitrogen and oxygen atoms in total. The van der Waals surface area contributed by atoms with E-state index in [1.54, 1.807) is 5.57 Å². The average Bonchev–Trinajstić information content (AvgIpc) is 2.62. The van der Waals surface area contributed by atoms with Crippen LogP contribution >= 0.6 is 0 Å². The normalized spacial score (nSPS) is 28.9. The molecule has 0 amide bonds. The second-order valence-electron chi connectivity index (χ2n) is 7.06. The summed E-state index contributed by atoms with van der Waals surface area (Å²) in [5.41, 5.74) is 2.44. The van der Waals surface area contributed by atoms with Crippen molar-refractivity contribution in [2.24, 2.45) is 17.8 Å². The van der Waals surface area contributed by atoms with E-state index in [9.17, 15) is 4.79 Å². The number of aldehydes is 1. The lowest BCUT2D eigenvalue weighted by atomic mass is 9.85. The van der Waals surface area contributed by atoms with Crippen molar-refractivity contribution < 1.29 is 4.79 Å². The Hall–Kier alpha value is -1.37. The first-order valence-corrected chi connectivity index (χ1v) is 9.44. The van der Waals surface area contributed by atoms with Crippen LogP contribution < -0.4 is 0 Å². The number of carbonyl (C=O) groups excluding carboxylic acids is 1. The second-order valence-corrected chi connectivity index (χ2v) is 7.06. The van der Waals surface area contributed by atoms with Crippen LogP contribution in [0.5, 0.6) is 0 Å². The maximum Gasteiger partial charge on any atom is 0.149 e. The van der Waals surface area contributed by atoms with Crippen molar-refractivity contribution in [1.29, 1.82) is 0 Å². The number of carbonyl (C=O) groups is 1. The Balaban J connectivity index is 1.84. The van der Waals surface area contributed by atoms with Gasteiger partial charge in [0, 0.05) is 5.57 Å². The zero-order valence-corrected chi connectivity index (χ0v) is 14.8. The summed E-state index contributed by atoms with van der Waals surface area (Å²) in [5.74, 6) is 1.99. The molecule has 2 aliphatic carbocycles. The van der Waals surface area contributed by atoms with Crippen LogP contribution in [0.1, 0.15) is 65.2 Å². The largest absolute Gasteiger partial charge is 0.298 e. The quantitative estimate of drug-likeness (QED) is 0.237. The predicted octanol–water partition coefficient (Wildman–Crippen LogP) is 6.19. The van der Waals surface area contributed by atoms with Crippen LogP contribution in [0.3, 0.4) is 0 Å². The molecule has 3 unspecified atom stereocenters. The van der Waals surface area contributed by atoms with Gasteiger partial charge in [-0.3, -0.25) is 4.79 Å².